The van der Waals surface area contributed by atoms with Gasteiger partial charge in [0.25, 0.3) is 0 Å². The summed E-state index contributed by atoms with van der Waals surface area (Å²) < 4.78 is 29.7. The number of sulfonamides is 1. The summed E-state index contributed by atoms with van der Waals surface area (Å²) >= 11 is 0. The Bertz CT molecular complexity index is 559. The Kier molecular flexibility index (Phi) is 4.65. The molecule has 1 N–H and O–H groups in total. The molecule has 0 bridgehead atoms. The lowest BCUT2D eigenvalue weighted by atomic mass is 10.0. The number of esters is 1. The van der Waals surface area contributed by atoms with E-state index >= 15 is 0 Å². The van der Waals surface area contributed by atoms with Crippen LogP contribution >= 0.6 is 0 Å². The summed E-state index contributed by atoms with van der Waals surface area (Å²) in [7, 11) is -3.29. The highest BCUT2D eigenvalue weighted by atomic mass is 32.2. The molecule has 110 valence electrons. The molecule has 1 aliphatic carbocycles. The number of hydrogen-bond acceptors (Lipinski definition) is 4. The van der Waals surface area contributed by atoms with Gasteiger partial charge in [0.15, 0.2) is 0 Å². The van der Waals surface area contributed by atoms with Crippen LogP contribution in [-0.4, -0.2) is 20.6 Å². The standard InChI is InChI=1S/C14H19NO4S/c1-20(17,18)15-12-6-8-13(9-7-12)19-14(16)10-11-4-2-3-5-11/h6-9,11,15H,2-5,10H2,1H3. The molecule has 0 saturated heterocycles. The molecule has 0 amide bonds. The molecule has 0 aromatic heterocycles. The molecule has 1 saturated carbocycles. The Hall–Kier alpha value is -1.56. The van der Waals surface area contributed by atoms with Crippen LogP contribution in [0, 0.1) is 5.92 Å². The van der Waals surface area contributed by atoms with E-state index in [1.807, 2.05) is 0 Å². The Labute approximate surface area is 119 Å². The van der Waals surface area contributed by atoms with Crippen molar-refractivity contribution in [3.05, 3.63) is 24.3 Å². The zero-order chi connectivity index (χ0) is 14.6. The number of carbonyl (C=O) groups is 1. The third-order valence-electron chi connectivity index (χ3n) is 3.32. The number of carbonyl (C=O) groups excluding carboxylic acids is 1. The molecule has 0 heterocycles. The van der Waals surface area contributed by atoms with Crippen LogP contribution in [0.3, 0.4) is 0 Å². The molecule has 20 heavy (non-hydrogen) atoms. The van der Waals surface area contributed by atoms with Crippen molar-refractivity contribution in [3.63, 3.8) is 0 Å². The molecule has 0 unspecified atom stereocenters. The second kappa shape index (κ2) is 6.26. The first-order valence-electron chi connectivity index (χ1n) is 6.71. The summed E-state index contributed by atoms with van der Waals surface area (Å²) in [5.74, 6) is 0.668. The smallest absolute Gasteiger partial charge is 0.311 e. The third-order valence-corrected chi connectivity index (χ3v) is 3.93. The lowest BCUT2D eigenvalue weighted by Crippen LogP contribution is -2.12. The van der Waals surface area contributed by atoms with E-state index in [1.54, 1.807) is 24.3 Å². The lowest BCUT2D eigenvalue weighted by Gasteiger charge is -2.09. The summed E-state index contributed by atoms with van der Waals surface area (Å²) in [6, 6.07) is 6.30. The van der Waals surface area contributed by atoms with E-state index in [9.17, 15) is 13.2 Å². The monoisotopic (exact) mass is 297 g/mol. The molecular formula is C14H19NO4S. The molecule has 0 atom stereocenters. The van der Waals surface area contributed by atoms with Gasteiger partial charge in [-0.2, -0.15) is 0 Å². The summed E-state index contributed by atoms with van der Waals surface area (Å²) in [5, 5.41) is 0. The summed E-state index contributed by atoms with van der Waals surface area (Å²) in [6.07, 6.45) is 6.15. The summed E-state index contributed by atoms with van der Waals surface area (Å²) in [5.41, 5.74) is 0.447. The second-order valence-corrected chi connectivity index (χ2v) is 6.98. The Morgan fingerprint density at radius 3 is 2.40 bits per heavy atom. The quantitative estimate of drug-likeness (QED) is 0.669. The van der Waals surface area contributed by atoms with E-state index in [1.165, 1.54) is 12.8 Å². The number of ether oxygens (including phenoxy) is 1. The van der Waals surface area contributed by atoms with Crippen molar-refractivity contribution in [2.45, 2.75) is 32.1 Å². The average Bonchev–Trinajstić information content (AvgIpc) is 2.82. The molecule has 1 aromatic rings. The van der Waals surface area contributed by atoms with Gasteiger partial charge in [0.05, 0.1) is 6.26 Å². The van der Waals surface area contributed by atoms with Gasteiger partial charge in [0.2, 0.25) is 10.0 Å². The molecular weight excluding hydrogens is 278 g/mol. The normalized spacial score (nSPS) is 16.1. The molecule has 0 aliphatic heterocycles. The predicted molar refractivity (Wildman–Crippen MR) is 77.1 cm³/mol. The van der Waals surface area contributed by atoms with E-state index < -0.39 is 10.0 Å². The Balaban J connectivity index is 1.88. The van der Waals surface area contributed by atoms with Crippen molar-refractivity contribution in [1.82, 2.24) is 0 Å². The number of rotatable bonds is 5. The SMILES string of the molecule is CS(=O)(=O)Nc1ccc(OC(=O)CC2CCCC2)cc1. The van der Waals surface area contributed by atoms with Gasteiger partial charge in [-0.1, -0.05) is 12.8 Å². The molecule has 1 aliphatic rings. The van der Waals surface area contributed by atoms with Crippen molar-refractivity contribution in [3.8, 4) is 5.75 Å². The fourth-order valence-corrected chi connectivity index (χ4v) is 2.99. The maximum Gasteiger partial charge on any atom is 0.311 e. The lowest BCUT2D eigenvalue weighted by molar-refractivity contribution is -0.135. The van der Waals surface area contributed by atoms with E-state index in [4.69, 9.17) is 4.74 Å². The minimum Gasteiger partial charge on any atom is -0.427 e. The van der Waals surface area contributed by atoms with Gasteiger partial charge in [0.1, 0.15) is 5.75 Å². The van der Waals surface area contributed by atoms with Gasteiger partial charge >= 0.3 is 5.97 Å². The first-order valence-corrected chi connectivity index (χ1v) is 8.60. The Morgan fingerprint density at radius 1 is 1.25 bits per heavy atom. The molecule has 6 heteroatoms. The van der Waals surface area contributed by atoms with Crippen LogP contribution in [-0.2, 0) is 14.8 Å². The van der Waals surface area contributed by atoms with Gasteiger partial charge in [-0.15, -0.1) is 0 Å². The highest BCUT2D eigenvalue weighted by Crippen LogP contribution is 2.28. The van der Waals surface area contributed by atoms with Gasteiger partial charge < -0.3 is 4.74 Å². The number of hydrogen-bond donors (Lipinski definition) is 1. The first-order chi connectivity index (χ1) is 9.42. The van der Waals surface area contributed by atoms with Crippen molar-refractivity contribution >= 4 is 21.7 Å². The van der Waals surface area contributed by atoms with Crippen LogP contribution in [0.2, 0.25) is 0 Å². The van der Waals surface area contributed by atoms with Crippen molar-refractivity contribution in [1.29, 1.82) is 0 Å². The third kappa shape index (κ3) is 4.85. The maximum atomic E-state index is 11.7. The van der Waals surface area contributed by atoms with E-state index in [0.717, 1.165) is 19.1 Å². The van der Waals surface area contributed by atoms with Crippen LogP contribution in [0.4, 0.5) is 5.69 Å². The van der Waals surface area contributed by atoms with Crippen LogP contribution in [0.1, 0.15) is 32.1 Å². The predicted octanol–water partition coefficient (Wildman–Crippen LogP) is 2.54. The minimum atomic E-state index is -3.29. The Morgan fingerprint density at radius 2 is 1.85 bits per heavy atom. The van der Waals surface area contributed by atoms with E-state index in [0.29, 0.717) is 23.8 Å². The van der Waals surface area contributed by atoms with Gasteiger partial charge in [0, 0.05) is 12.1 Å². The van der Waals surface area contributed by atoms with E-state index in [2.05, 4.69) is 4.72 Å². The zero-order valence-corrected chi connectivity index (χ0v) is 12.3. The largest absolute Gasteiger partial charge is 0.427 e. The second-order valence-electron chi connectivity index (χ2n) is 5.23. The fraction of sp³-hybridized carbons (Fsp3) is 0.500. The minimum absolute atomic E-state index is 0.222. The molecule has 1 fully saturated rings. The topological polar surface area (TPSA) is 72.5 Å². The van der Waals surface area contributed by atoms with Gasteiger partial charge in [-0.05, 0) is 43.0 Å². The fourth-order valence-electron chi connectivity index (χ4n) is 2.43. The van der Waals surface area contributed by atoms with Crippen LogP contribution < -0.4 is 9.46 Å². The summed E-state index contributed by atoms with van der Waals surface area (Å²) in [6.45, 7) is 0. The van der Waals surface area contributed by atoms with Crippen molar-refractivity contribution in [2.24, 2.45) is 5.92 Å². The van der Waals surface area contributed by atoms with Gasteiger partial charge in [-0.25, -0.2) is 8.42 Å². The molecule has 0 spiro atoms. The summed E-state index contributed by atoms with van der Waals surface area (Å²) in [4.78, 5) is 11.7. The van der Waals surface area contributed by atoms with Crippen LogP contribution in [0.15, 0.2) is 24.3 Å². The van der Waals surface area contributed by atoms with Crippen molar-refractivity contribution < 1.29 is 17.9 Å². The maximum absolute atomic E-state index is 11.7. The van der Waals surface area contributed by atoms with Crippen LogP contribution in [0.25, 0.3) is 0 Å². The van der Waals surface area contributed by atoms with E-state index in [-0.39, 0.29) is 5.97 Å². The number of nitrogens with one attached hydrogen (secondary N) is 1. The highest BCUT2D eigenvalue weighted by molar-refractivity contribution is 7.92. The average molecular weight is 297 g/mol. The van der Waals surface area contributed by atoms with Crippen LogP contribution in [0.5, 0.6) is 5.75 Å². The molecule has 2 rings (SSSR count). The van der Waals surface area contributed by atoms with Crippen molar-refractivity contribution in [2.75, 3.05) is 11.0 Å². The molecule has 0 radical (unpaired) electrons. The number of benzene rings is 1. The molecule has 1 aromatic carbocycles. The zero-order valence-electron chi connectivity index (χ0n) is 11.5. The van der Waals surface area contributed by atoms with Gasteiger partial charge in [-0.3, -0.25) is 9.52 Å². The first kappa shape index (κ1) is 14.8. The number of anilines is 1. The highest BCUT2D eigenvalue weighted by Gasteiger charge is 2.19. The molecule has 5 nitrogen and oxygen atoms in total.